The lowest BCUT2D eigenvalue weighted by Crippen LogP contribution is -2.56. The second-order valence-electron chi connectivity index (χ2n) is 4.32. The van der Waals surface area contributed by atoms with E-state index in [2.05, 4.69) is 0 Å². The Kier molecular flexibility index (Phi) is 1.97. The van der Waals surface area contributed by atoms with Crippen LogP contribution in [0.4, 0.5) is 0 Å². The van der Waals surface area contributed by atoms with Gasteiger partial charge in [-0.2, -0.15) is 0 Å². The fourth-order valence-electron chi connectivity index (χ4n) is 2.84. The van der Waals surface area contributed by atoms with Gasteiger partial charge in [-0.25, -0.2) is 0 Å². The van der Waals surface area contributed by atoms with E-state index in [0.717, 1.165) is 19.3 Å². The van der Waals surface area contributed by atoms with E-state index < -0.39 is 10.8 Å². The molecule has 3 fully saturated rings. The molecule has 0 aromatic heterocycles. The van der Waals surface area contributed by atoms with Crippen molar-refractivity contribution in [2.45, 2.75) is 32.1 Å². The molecule has 0 atom stereocenters. The molecule has 72 valence electrons. The molecule has 0 unspecified atom stereocenters. The zero-order valence-corrected chi connectivity index (χ0v) is 8.62. The molecule has 0 aromatic rings. The summed E-state index contributed by atoms with van der Waals surface area (Å²) in [6.07, 6.45) is 3.68. The van der Waals surface area contributed by atoms with Crippen LogP contribution in [0, 0.1) is 10.8 Å². The summed E-state index contributed by atoms with van der Waals surface area (Å²) in [5.41, 5.74) is -0.825. The third kappa shape index (κ3) is 1.15. The average Bonchev–Trinajstić information content (AvgIpc) is 2.02. The van der Waals surface area contributed by atoms with Gasteiger partial charge in [0.1, 0.15) is 0 Å². The van der Waals surface area contributed by atoms with Gasteiger partial charge >= 0.3 is 0 Å². The SMILES string of the molecule is O=C(Cl)C12CCCC(C(=O)Cl)(C1)C2. The number of rotatable bonds is 2. The van der Waals surface area contributed by atoms with Crippen LogP contribution in [0.15, 0.2) is 0 Å². The van der Waals surface area contributed by atoms with E-state index in [-0.39, 0.29) is 10.5 Å². The summed E-state index contributed by atoms with van der Waals surface area (Å²) in [5, 5.41) is -0.582. The van der Waals surface area contributed by atoms with E-state index in [4.69, 9.17) is 23.2 Å². The number of hydrogen-bond acceptors (Lipinski definition) is 2. The maximum absolute atomic E-state index is 11.1. The van der Waals surface area contributed by atoms with Crippen molar-refractivity contribution in [3.05, 3.63) is 0 Å². The topological polar surface area (TPSA) is 34.1 Å². The normalized spacial score (nSPS) is 42.3. The van der Waals surface area contributed by atoms with E-state index in [1.165, 1.54) is 0 Å². The van der Waals surface area contributed by atoms with Crippen molar-refractivity contribution in [3.63, 3.8) is 0 Å². The van der Waals surface area contributed by atoms with Crippen molar-refractivity contribution in [2.75, 3.05) is 0 Å². The van der Waals surface area contributed by atoms with Gasteiger partial charge in [-0.15, -0.1) is 0 Å². The molecule has 0 radical (unpaired) electrons. The van der Waals surface area contributed by atoms with Crippen LogP contribution < -0.4 is 0 Å². The lowest BCUT2D eigenvalue weighted by molar-refractivity contribution is -0.155. The molecule has 0 aliphatic heterocycles. The van der Waals surface area contributed by atoms with Crippen LogP contribution in [0.5, 0.6) is 0 Å². The Morgan fingerprint density at radius 2 is 1.31 bits per heavy atom. The molecule has 0 aromatic carbocycles. The Morgan fingerprint density at radius 1 is 0.923 bits per heavy atom. The number of hydrogen-bond donors (Lipinski definition) is 0. The minimum absolute atomic E-state index is 0.291. The molecule has 3 saturated carbocycles. The van der Waals surface area contributed by atoms with Crippen molar-refractivity contribution in [2.24, 2.45) is 10.8 Å². The highest BCUT2D eigenvalue weighted by atomic mass is 35.5. The highest BCUT2D eigenvalue weighted by molar-refractivity contribution is 6.66. The van der Waals surface area contributed by atoms with E-state index in [9.17, 15) is 9.59 Å². The highest BCUT2D eigenvalue weighted by Gasteiger charge is 2.63. The van der Waals surface area contributed by atoms with Gasteiger partial charge in [-0.1, -0.05) is 6.42 Å². The van der Waals surface area contributed by atoms with Gasteiger partial charge in [-0.05, 0) is 48.9 Å². The Hall–Kier alpha value is -0.0800. The Bertz CT molecular complexity index is 253. The summed E-state index contributed by atoms with van der Waals surface area (Å²) < 4.78 is 0. The number of carbonyl (C=O) groups is 2. The molecule has 0 N–H and O–H groups in total. The monoisotopic (exact) mass is 220 g/mol. The third-order valence-electron chi connectivity index (χ3n) is 3.50. The van der Waals surface area contributed by atoms with Crippen molar-refractivity contribution in [1.29, 1.82) is 0 Å². The molecule has 3 aliphatic rings. The minimum Gasteiger partial charge on any atom is -0.281 e. The van der Waals surface area contributed by atoms with Crippen LogP contribution in [0.3, 0.4) is 0 Å². The number of halogens is 2. The number of carbonyl (C=O) groups excluding carboxylic acids is 2. The van der Waals surface area contributed by atoms with Crippen LogP contribution in [0.2, 0.25) is 0 Å². The van der Waals surface area contributed by atoms with Crippen LogP contribution >= 0.6 is 23.2 Å². The summed E-state index contributed by atoms with van der Waals surface area (Å²) in [5.74, 6) is 0. The first-order valence-corrected chi connectivity index (χ1v) is 5.16. The van der Waals surface area contributed by atoms with Gasteiger partial charge < -0.3 is 0 Å². The second-order valence-corrected chi connectivity index (χ2v) is 5.00. The van der Waals surface area contributed by atoms with Gasteiger partial charge in [0.25, 0.3) is 0 Å². The molecule has 3 aliphatic carbocycles. The second kappa shape index (κ2) is 2.71. The summed E-state index contributed by atoms with van der Waals surface area (Å²) >= 11 is 11.0. The number of fused-ring (bicyclic) bond motifs is 2. The van der Waals surface area contributed by atoms with Crippen LogP contribution in [-0.4, -0.2) is 10.5 Å². The summed E-state index contributed by atoms with van der Waals surface area (Å²) in [6, 6.07) is 0. The molecule has 0 saturated heterocycles. The standard InChI is InChI=1S/C9H10Cl2O2/c10-6(12)8-2-1-3-9(4-8,5-8)7(11)13/h1-5H2. The van der Waals surface area contributed by atoms with Gasteiger partial charge in [0.05, 0.1) is 0 Å². The summed E-state index contributed by atoms with van der Waals surface area (Å²) in [7, 11) is 0. The van der Waals surface area contributed by atoms with Crippen molar-refractivity contribution >= 4 is 33.7 Å². The zero-order chi connectivity index (χ0) is 9.69. The van der Waals surface area contributed by atoms with E-state index >= 15 is 0 Å². The minimum atomic E-state index is -0.412. The van der Waals surface area contributed by atoms with E-state index in [1.807, 2.05) is 0 Å². The first-order valence-electron chi connectivity index (χ1n) is 4.41. The van der Waals surface area contributed by atoms with Gasteiger partial charge in [0.2, 0.25) is 10.5 Å². The molecular formula is C9H10Cl2O2. The van der Waals surface area contributed by atoms with Crippen LogP contribution in [0.1, 0.15) is 32.1 Å². The van der Waals surface area contributed by atoms with Gasteiger partial charge in [0, 0.05) is 10.8 Å². The zero-order valence-electron chi connectivity index (χ0n) is 7.11. The molecule has 0 amide bonds. The lowest BCUT2D eigenvalue weighted by atomic mass is 9.46. The summed E-state index contributed by atoms with van der Waals surface area (Å²) in [4.78, 5) is 22.3. The molecule has 0 heterocycles. The van der Waals surface area contributed by atoms with E-state index in [1.54, 1.807) is 0 Å². The fraction of sp³-hybridized carbons (Fsp3) is 0.778. The highest BCUT2D eigenvalue weighted by Crippen LogP contribution is 2.65. The van der Waals surface area contributed by atoms with Crippen molar-refractivity contribution in [3.8, 4) is 0 Å². The van der Waals surface area contributed by atoms with Crippen LogP contribution in [0.25, 0.3) is 0 Å². The molecule has 0 spiro atoms. The average molecular weight is 221 g/mol. The predicted molar refractivity (Wildman–Crippen MR) is 49.7 cm³/mol. The first-order chi connectivity index (χ1) is 6.01. The maximum atomic E-state index is 11.1. The Morgan fingerprint density at radius 3 is 1.62 bits per heavy atom. The maximum Gasteiger partial charge on any atom is 0.227 e. The quantitative estimate of drug-likeness (QED) is 0.671. The molecule has 3 rings (SSSR count). The molecule has 4 heteroatoms. The molecule has 13 heavy (non-hydrogen) atoms. The third-order valence-corrected chi connectivity index (χ3v) is 4.30. The van der Waals surface area contributed by atoms with Crippen molar-refractivity contribution in [1.82, 2.24) is 0 Å². The van der Waals surface area contributed by atoms with Gasteiger partial charge in [0.15, 0.2) is 0 Å². The van der Waals surface area contributed by atoms with Gasteiger partial charge in [-0.3, -0.25) is 9.59 Å². The van der Waals surface area contributed by atoms with Crippen molar-refractivity contribution < 1.29 is 9.59 Å². The smallest absolute Gasteiger partial charge is 0.227 e. The lowest BCUT2D eigenvalue weighted by Gasteiger charge is -2.56. The first kappa shape index (κ1) is 9.47. The fourth-order valence-corrected chi connectivity index (χ4v) is 3.29. The molecule has 2 bridgehead atoms. The molecular weight excluding hydrogens is 211 g/mol. The van der Waals surface area contributed by atoms with Crippen LogP contribution in [-0.2, 0) is 9.59 Å². The Labute approximate surface area is 86.6 Å². The Balaban J connectivity index is 2.20. The largest absolute Gasteiger partial charge is 0.281 e. The molecule has 2 nitrogen and oxygen atoms in total. The predicted octanol–water partition coefficient (Wildman–Crippen LogP) is 2.47. The summed E-state index contributed by atoms with van der Waals surface area (Å²) in [6.45, 7) is 0. The van der Waals surface area contributed by atoms with E-state index in [0.29, 0.717) is 12.8 Å².